The van der Waals surface area contributed by atoms with Gasteiger partial charge in [0.25, 0.3) is 0 Å². The number of anilines is 1. The molecule has 0 aliphatic heterocycles. The summed E-state index contributed by atoms with van der Waals surface area (Å²) in [6.45, 7) is 5.45. The first-order valence-corrected chi connectivity index (χ1v) is 10.0. The topological polar surface area (TPSA) is 69.0 Å². The van der Waals surface area contributed by atoms with Crippen LogP contribution >= 0.6 is 0 Å². The number of hydrogen-bond acceptors (Lipinski definition) is 5. The lowest BCUT2D eigenvalue weighted by Crippen LogP contribution is -2.16. The van der Waals surface area contributed by atoms with Crippen molar-refractivity contribution in [1.29, 1.82) is 0 Å². The van der Waals surface area contributed by atoms with Crippen molar-refractivity contribution in [2.24, 2.45) is 0 Å². The summed E-state index contributed by atoms with van der Waals surface area (Å²) in [5.41, 5.74) is 3.54. The number of fused-ring (bicyclic) bond motifs is 1. The molecule has 6 heteroatoms. The summed E-state index contributed by atoms with van der Waals surface area (Å²) in [6, 6.07) is 18.3. The van der Waals surface area contributed by atoms with E-state index in [1.54, 1.807) is 6.92 Å². The second-order valence-corrected chi connectivity index (χ2v) is 7.04. The van der Waals surface area contributed by atoms with Crippen LogP contribution in [0.25, 0.3) is 22.3 Å². The summed E-state index contributed by atoms with van der Waals surface area (Å²) in [5, 5.41) is 4.51. The molecule has 0 radical (unpaired) electrons. The minimum Gasteiger partial charge on any atom is -0.462 e. The van der Waals surface area contributed by atoms with E-state index < -0.39 is 5.97 Å². The van der Waals surface area contributed by atoms with E-state index in [2.05, 4.69) is 44.2 Å². The first-order chi connectivity index (χ1) is 14.7. The molecule has 0 amide bonds. The third kappa shape index (κ3) is 4.17. The van der Waals surface area contributed by atoms with Crippen molar-refractivity contribution in [3.63, 3.8) is 0 Å². The molecule has 0 aliphatic carbocycles. The van der Waals surface area contributed by atoms with E-state index in [9.17, 15) is 4.79 Å². The zero-order valence-electron chi connectivity index (χ0n) is 17.1. The first-order valence-electron chi connectivity index (χ1n) is 10.0. The van der Waals surface area contributed by atoms with E-state index in [1.165, 1.54) is 17.1 Å². The SMILES string of the molecule is CCOC(=O)c1cnc(-c2cccc(C)c2)nc1NCCn1ccc2ccccc21. The number of benzene rings is 2. The van der Waals surface area contributed by atoms with E-state index >= 15 is 0 Å². The fourth-order valence-electron chi connectivity index (χ4n) is 3.43. The number of rotatable bonds is 7. The van der Waals surface area contributed by atoms with Gasteiger partial charge < -0.3 is 14.6 Å². The molecule has 2 aromatic heterocycles. The lowest BCUT2D eigenvalue weighted by molar-refractivity contribution is 0.0526. The van der Waals surface area contributed by atoms with Crippen molar-refractivity contribution in [2.45, 2.75) is 20.4 Å². The number of aromatic nitrogens is 3. The summed E-state index contributed by atoms with van der Waals surface area (Å²) in [4.78, 5) is 21.4. The van der Waals surface area contributed by atoms with Crippen LogP contribution in [-0.4, -0.2) is 33.7 Å². The quantitative estimate of drug-likeness (QED) is 0.456. The maximum Gasteiger partial charge on any atom is 0.343 e. The lowest BCUT2D eigenvalue weighted by atomic mass is 10.1. The van der Waals surface area contributed by atoms with E-state index in [0.29, 0.717) is 30.4 Å². The Bertz CT molecular complexity index is 1180. The van der Waals surface area contributed by atoms with Gasteiger partial charge in [0.2, 0.25) is 0 Å². The molecule has 4 rings (SSSR count). The second kappa shape index (κ2) is 8.78. The third-order valence-electron chi connectivity index (χ3n) is 4.89. The Morgan fingerprint density at radius 3 is 2.83 bits per heavy atom. The number of carbonyl (C=O) groups is 1. The molecule has 0 spiro atoms. The number of carbonyl (C=O) groups excluding carboxylic acids is 1. The molecular formula is C24H24N4O2. The van der Waals surface area contributed by atoms with Crippen LogP contribution in [0.2, 0.25) is 0 Å². The Hall–Kier alpha value is -3.67. The molecule has 4 aromatic rings. The molecule has 0 fully saturated rings. The van der Waals surface area contributed by atoms with Crippen molar-refractivity contribution in [3.8, 4) is 11.4 Å². The first kappa shape index (κ1) is 19.6. The minimum atomic E-state index is -0.429. The molecule has 0 unspecified atom stereocenters. The van der Waals surface area contributed by atoms with Crippen LogP contribution in [0.1, 0.15) is 22.8 Å². The van der Waals surface area contributed by atoms with Gasteiger partial charge in [0.15, 0.2) is 5.82 Å². The van der Waals surface area contributed by atoms with Crippen LogP contribution in [-0.2, 0) is 11.3 Å². The van der Waals surface area contributed by atoms with Crippen LogP contribution in [0, 0.1) is 6.92 Å². The van der Waals surface area contributed by atoms with Gasteiger partial charge in [-0.25, -0.2) is 14.8 Å². The highest BCUT2D eigenvalue weighted by Gasteiger charge is 2.16. The summed E-state index contributed by atoms with van der Waals surface area (Å²) in [6.07, 6.45) is 3.60. The Morgan fingerprint density at radius 2 is 2.00 bits per heavy atom. The van der Waals surface area contributed by atoms with E-state index in [4.69, 9.17) is 4.74 Å². The maximum atomic E-state index is 12.4. The highest BCUT2D eigenvalue weighted by atomic mass is 16.5. The highest BCUT2D eigenvalue weighted by Crippen LogP contribution is 2.21. The van der Waals surface area contributed by atoms with Crippen molar-refractivity contribution in [3.05, 3.63) is 78.1 Å². The predicted molar refractivity (Wildman–Crippen MR) is 119 cm³/mol. The molecule has 0 bridgehead atoms. The molecule has 6 nitrogen and oxygen atoms in total. The van der Waals surface area contributed by atoms with Gasteiger partial charge >= 0.3 is 5.97 Å². The zero-order valence-corrected chi connectivity index (χ0v) is 17.1. The monoisotopic (exact) mass is 400 g/mol. The number of esters is 1. The lowest BCUT2D eigenvalue weighted by Gasteiger charge is -2.13. The normalized spacial score (nSPS) is 10.9. The highest BCUT2D eigenvalue weighted by molar-refractivity contribution is 5.94. The van der Waals surface area contributed by atoms with Gasteiger partial charge in [-0.15, -0.1) is 0 Å². The minimum absolute atomic E-state index is 0.299. The maximum absolute atomic E-state index is 12.4. The summed E-state index contributed by atoms with van der Waals surface area (Å²) < 4.78 is 7.35. The van der Waals surface area contributed by atoms with E-state index in [-0.39, 0.29) is 0 Å². The fraction of sp³-hybridized carbons (Fsp3) is 0.208. The molecule has 2 aromatic carbocycles. The van der Waals surface area contributed by atoms with Crippen LogP contribution in [0.15, 0.2) is 67.0 Å². The molecule has 0 saturated heterocycles. The number of ether oxygens (including phenoxy) is 1. The number of aryl methyl sites for hydroxylation is 1. The fourth-order valence-corrected chi connectivity index (χ4v) is 3.43. The van der Waals surface area contributed by atoms with Gasteiger partial charge in [0.1, 0.15) is 11.4 Å². The Kier molecular flexibility index (Phi) is 5.75. The van der Waals surface area contributed by atoms with Crippen LogP contribution in [0.4, 0.5) is 5.82 Å². The molecular weight excluding hydrogens is 376 g/mol. The van der Waals surface area contributed by atoms with Gasteiger partial charge in [0.05, 0.1) is 6.61 Å². The Morgan fingerprint density at radius 1 is 1.13 bits per heavy atom. The number of nitrogens with one attached hydrogen (secondary N) is 1. The summed E-state index contributed by atoms with van der Waals surface area (Å²) in [7, 11) is 0. The average Bonchev–Trinajstić information content (AvgIpc) is 3.17. The summed E-state index contributed by atoms with van der Waals surface area (Å²) >= 11 is 0. The van der Waals surface area contributed by atoms with Gasteiger partial charge in [-0.3, -0.25) is 0 Å². The molecule has 152 valence electrons. The molecule has 2 heterocycles. The van der Waals surface area contributed by atoms with Crippen molar-refractivity contribution in [1.82, 2.24) is 14.5 Å². The van der Waals surface area contributed by atoms with Gasteiger partial charge in [0, 0.05) is 36.6 Å². The summed E-state index contributed by atoms with van der Waals surface area (Å²) in [5.74, 6) is 0.624. The largest absolute Gasteiger partial charge is 0.462 e. The van der Waals surface area contributed by atoms with Gasteiger partial charge in [-0.05, 0) is 37.4 Å². The molecule has 30 heavy (non-hydrogen) atoms. The number of hydrogen-bond donors (Lipinski definition) is 1. The number of nitrogens with zero attached hydrogens (tertiary/aromatic N) is 3. The smallest absolute Gasteiger partial charge is 0.343 e. The van der Waals surface area contributed by atoms with Crippen molar-refractivity contribution in [2.75, 3.05) is 18.5 Å². The molecule has 0 atom stereocenters. The number of para-hydroxylation sites is 1. The van der Waals surface area contributed by atoms with Gasteiger partial charge in [-0.2, -0.15) is 0 Å². The standard InChI is InChI=1S/C24H24N4O2/c1-3-30-24(29)20-16-26-22(19-9-6-7-17(2)15-19)27-23(20)25-12-14-28-13-11-18-8-4-5-10-21(18)28/h4-11,13,15-16H,3,12,14H2,1-2H3,(H,25,26,27). The molecule has 1 N–H and O–H groups in total. The third-order valence-corrected chi connectivity index (χ3v) is 4.89. The van der Waals surface area contributed by atoms with Crippen LogP contribution in [0.3, 0.4) is 0 Å². The van der Waals surface area contributed by atoms with E-state index in [0.717, 1.165) is 17.7 Å². The van der Waals surface area contributed by atoms with Crippen LogP contribution < -0.4 is 5.32 Å². The Labute approximate surface area is 175 Å². The van der Waals surface area contributed by atoms with Crippen LogP contribution in [0.5, 0.6) is 0 Å². The Balaban J connectivity index is 1.58. The predicted octanol–water partition coefficient (Wildman–Crippen LogP) is 4.70. The van der Waals surface area contributed by atoms with Crippen molar-refractivity contribution < 1.29 is 9.53 Å². The molecule has 0 saturated carbocycles. The average molecular weight is 400 g/mol. The zero-order chi connectivity index (χ0) is 20.9. The van der Waals surface area contributed by atoms with E-state index in [1.807, 2.05) is 43.3 Å². The van der Waals surface area contributed by atoms with Crippen molar-refractivity contribution >= 4 is 22.7 Å². The van der Waals surface area contributed by atoms with Gasteiger partial charge in [-0.1, -0.05) is 42.0 Å². The molecule has 0 aliphatic rings. The second-order valence-electron chi connectivity index (χ2n) is 7.04.